The van der Waals surface area contributed by atoms with E-state index >= 15 is 0 Å². The van der Waals surface area contributed by atoms with Crippen molar-refractivity contribution >= 4 is 46.8 Å². The molecule has 0 aliphatic heterocycles. The molecule has 27 heavy (non-hydrogen) atoms. The van der Waals surface area contributed by atoms with Gasteiger partial charge in [-0.25, -0.2) is 0 Å². The van der Waals surface area contributed by atoms with Crippen molar-refractivity contribution in [2.75, 3.05) is 5.32 Å². The van der Waals surface area contributed by atoms with Crippen molar-refractivity contribution in [3.63, 3.8) is 0 Å². The maximum atomic E-state index is 12.0. The van der Waals surface area contributed by atoms with Crippen LogP contribution < -0.4 is 5.32 Å². The fourth-order valence-electron chi connectivity index (χ4n) is 2.31. The Labute approximate surface area is 165 Å². The van der Waals surface area contributed by atoms with Gasteiger partial charge < -0.3 is 9.73 Å². The van der Waals surface area contributed by atoms with Crippen LogP contribution in [-0.2, 0) is 11.3 Å². The van der Waals surface area contributed by atoms with Gasteiger partial charge in [-0.05, 0) is 29.8 Å². The number of carbonyl (C=O) groups excluding carboxylic acids is 2. The first-order valence-corrected chi connectivity index (χ1v) is 8.74. The average Bonchev–Trinajstić information content (AvgIpc) is 3.26. The number of rotatable bonds is 6. The van der Waals surface area contributed by atoms with Crippen LogP contribution in [0.5, 0.6) is 0 Å². The van der Waals surface area contributed by atoms with Crippen LogP contribution in [0.3, 0.4) is 0 Å². The summed E-state index contributed by atoms with van der Waals surface area (Å²) < 4.78 is 7.01. The Kier molecular flexibility index (Phi) is 5.78. The first-order valence-electron chi connectivity index (χ1n) is 7.98. The van der Waals surface area contributed by atoms with Crippen LogP contribution in [0.2, 0.25) is 10.0 Å². The normalized spacial score (nSPS) is 11.1. The van der Waals surface area contributed by atoms with E-state index in [0.29, 0.717) is 39.5 Å². The molecule has 8 heteroatoms. The van der Waals surface area contributed by atoms with E-state index in [9.17, 15) is 9.59 Å². The summed E-state index contributed by atoms with van der Waals surface area (Å²) in [5, 5.41) is 7.71. The highest BCUT2D eigenvalue weighted by Gasteiger charge is 2.08. The van der Waals surface area contributed by atoms with Gasteiger partial charge in [0.1, 0.15) is 5.76 Å². The topological polar surface area (TPSA) is 77.1 Å². The minimum Gasteiger partial charge on any atom is -0.456 e. The van der Waals surface area contributed by atoms with E-state index in [-0.39, 0.29) is 11.7 Å². The first-order chi connectivity index (χ1) is 12.9. The largest absolute Gasteiger partial charge is 0.456 e. The number of hydrogen-bond donors (Lipinski definition) is 1. The number of carbonyl (C=O) groups is 2. The van der Waals surface area contributed by atoms with E-state index in [1.807, 2.05) is 0 Å². The highest BCUT2D eigenvalue weighted by molar-refractivity contribution is 6.42. The predicted molar refractivity (Wildman–Crippen MR) is 104 cm³/mol. The van der Waals surface area contributed by atoms with Gasteiger partial charge in [-0.3, -0.25) is 14.3 Å². The third kappa shape index (κ3) is 4.87. The molecule has 0 unspecified atom stereocenters. The molecule has 0 aliphatic carbocycles. The number of nitrogens with one attached hydrogen (secondary N) is 1. The summed E-state index contributed by atoms with van der Waals surface area (Å²) in [6.45, 7) is 1.78. The lowest BCUT2D eigenvalue weighted by Crippen LogP contribution is -2.09. The molecular formula is C19H15Cl2N3O3. The molecule has 3 aromatic rings. The van der Waals surface area contributed by atoms with Crippen LogP contribution in [-0.4, -0.2) is 21.5 Å². The van der Waals surface area contributed by atoms with Crippen molar-refractivity contribution < 1.29 is 14.0 Å². The van der Waals surface area contributed by atoms with E-state index in [1.165, 1.54) is 13.0 Å². The third-order valence-electron chi connectivity index (χ3n) is 3.61. The molecule has 1 aromatic carbocycles. The highest BCUT2D eigenvalue weighted by atomic mass is 35.5. The Morgan fingerprint density at radius 3 is 2.78 bits per heavy atom. The molecule has 1 N–H and O–H groups in total. The smallest absolute Gasteiger partial charge is 0.249 e. The monoisotopic (exact) mass is 403 g/mol. The number of halogens is 2. The summed E-state index contributed by atoms with van der Waals surface area (Å²) in [6.07, 6.45) is 4.62. The van der Waals surface area contributed by atoms with Crippen molar-refractivity contribution in [2.45, 2.75) is 13.5 Å². The minimum absolute atomic E-state index is 0.138. The third-order valence-corrected chi connectivity index (χ3v) is 4.45. The molecule has 138 valence electrons. The number of furan rings is 1. The van der Waals surface area contributed by atoms with Crippen molar-refractivity contribution in [1.29, 1.82) is 0 Å². The van der Waals surface area contributed by atoms with Crippen molar-refractivity contribution in [1.82, 2.24) is 9.78 Å². The van der Waals surface area contributed by atoms with E-state index in [0.717, 1.165) is 0 Å². The number of Topliss-reactive ketones (excluding diaryl/α,β-unsaturated/α-hetero) is 1. The van der Waals surface area contributed by atoms with Gasteiger partial charge >= 0.3 is 0 Å². The fraction of sp³-hybridized carbons (Fsp3) is 0.105. The van der Waals surface area contributed by atoms with Crippen LogP contribution in [0.4, 0.5) is 5.82 Å². The maximum Gasteiger partial charge on any atom is 0.249 e. The number of ketones is 1. The predicted octanol–water partition coefficient (Wildman–Crippen LogP) is 4.69. The number of benzene rings is 1. The highest BCUT2D eigenvalue weighted by Crippen LogP contribution is 2.26. The van der Waals surface area contributed by atoms with Gasteiger partial charge in [0.25, 0.3) is 0 Å². The summed E-state index contributed by atoms with van der Waals surface area (Å²) in [6, 6.07) is 10.2. The van der Waals surface area contributed by atoms with Gasteiger partial charge in [0, 0.05) is 25.3 Å². The maximum absolute atomic E-state index is 12.0. The number of anilines is 1. The number of nitrogens with zero attached hydrogens (tertiary/aromatic N) is 2. The molecule has 0 aliphatic rings. The van der Waals surface area contributed by atoms with Crippen LogP contribution in [0.1, 0.15) is 28.8 Å². The summed E-state index contributed by atoms with van der Waals surface area (Å²) in [5.41, 5.74) is 0.643. The summed E-state index contributed by atoms with van der Waals surface area (Å²) in [5.74, 6) is 0.793. The quantitative estimate of drug-likeness (QED) is 0.478. The Balaban J connectivity index is 1.61. The minimum atomic E-state index is -0.354. The summed E-state index contributed by atoms with van der Waals surface area (Å²) >= 11 is 12.0. The molecule has 0 fully saturated rings. The fourth-order valence-corrected chi connectivity index (χ4v) is 2.68. The molecule has 2 aromatic heterocycles. The van der Waals surface area contributed by atoms with Crippen LogP contribution in [0, 0.1) is 0 Å². The van der Waals surface area contributed by atoms with Crippen LogP contribution in [0.25, 0.3) is 6.08 Å². The standard InChI is InChI=1S/C19H15Cl2N3O3/c1-12(25)16-7-6-14(27-16)11-24-10-9-17(23-24)22-18(26)8-5-13-3-2-4-15(20)19(13)21/h2-10H,11H2,1H3,(H,22,23,26)/b8-5+. The lowest BCUT2D eigenvalue weighted by Gasteiger charge is -2.01. The SMILES string of the molecule is CC(=O)c1ccc(Cn2ccc(NC(=O)/C=C/c3cccc(Cl)c3Cl)n2)o1. The Morgan fingerprint density at radius 2 is 2.04 bits per heavy atom. The molecule has 0 spiro atoms. The van der Waals surface area contributed by atoms with E-state index in [1.54, 1.807) is 53.4 Å². The average molecular weight is 404 g/mol. The molecular weight excluding hydrogens is 389 g/mol. The molecule has 0 saturated heterocycles. The number of amides is 1. The van der Waals surface area contributed by atoms with Gasteiger partial charge in [0.15, 0.2) is 17.4 Å². The van der Waals surface area contributed by atoms with Crippen LogP contribution in [0.15, 0.2) is 53.1 Å². The first kappa shape index (κ1) is 18.9. The van der Waals surface area contributed by atoms with Gasteiger partial charge in [-0.2, -0.15) is 5.10 Å². The van der Waals surface area contributed by atoms with Gasteiger partial charge in [0.2, 0.25) is 5.91 Å². The number of aromatic nitrogens is 2. The van der Waals surface area contributed by atoms with Gasteiger partial charge in [-0.15, -0.1) is 0 Å². The van der Waals surface area contributed by atoms with Crippen LogP contribution >= 0.6 is 23.2 Å². The summed E-state index contributed by atoms with van der Waals surface area (Å²) in [4.78, 5) is 23.3. The van der Waals surface area contributed by atoms with Crippen molar-refractivity contribution in [3.8, 4) is 0 Å². The lowest BCUT2D eigenvalue weighted by molar-refractivity contribution is -0.111. The zero-order chi connectivity index (χ0) is 19.4. The molecule has 6 nitrogen and oxygen atoms in total. The molecule has 2 heterocycles. The van der Waals surface area contributed by atoms with Crippen molar-refractivity contribution in [2.24, 2.45) is 0 Å². The molecule has 3 rings (SSSR count). The number of hydrogen-bond acceptors (Lipinski definition) is 4. The lowest BCUT2D eigenvalue weighted by atomic mass is 10.2. The van der Waals surface area contributed by atoms with E-state index < -0.39 is 0 Å². The Bertz CT molecular complexity index is 1020. The Morgan fingerprint density at radius 1 is 1.22 bits per heavy atom. The van der Waals surface area contributed by atoms with Gasteiger partial charge in [0.05, 0.1) is 16.6 Å². The van der Waals surface area contributed by atoms with E-state index in [2.05, 4.69) is 10.4 Å². The van der Waals surface area contributed by atoms with Gasteiger partial charge in [-0.1, -0.05) is 35.3 Å². The second-order valence-electron chi connectivity index (χ2n) is 5.69. The van der Waals surface area contributed by atoms with Crippen molar-refractivity contribution in [3.05, 3.63) is 75.8 Å². The molecule has 0 saturated carbocycles. The zero-order valence-electron chi connectivity index (χ0n) is 14.3. The molecule has 0 atom stereocenters. The van der Waals surface area contributed by atoms with E-state index in [4.69, 9.17) is 27.6 Å². The second-order valence-corrected chi connectivity index (χ2v) is 6.47. The zero-order valence-corrected chi connectivity index (χ0v) is 15.8. The Hall–Kier alpha value is -2.83. The molecule has 1 amide bonds. The molecule has 0 radical (unpaired) electrons. The second kappa shape index (κ2) is 8.24. The summed E-state index contributed by atoms with van der Waals surface area (Å²) in [7, 11) is 0. The molecule has 0 bridgehead atoms.